The van der Waals surface area contributed by atoms with Gasteiger partial charge >= 0.3 is 0 Å². The van der Waals surface area contributed by atoms with E-state index in [1.165, 1.54) is 16.8 Å². The molecular formula is C15H7ClFN2O3-. The smallest absolute Gasteiger partial charge is 0.220 e. The van der Waals surface area contributed by atoms with Crippen LogP contribution in [-0.2, 0) is 0 Å². The Morgan fingerprint density at radius 3 is 2.50 bits per heavy atom. The molecule has 0 N–H and O–H groups in total. The summed E-state index contributed by atoms with van der Waals surface area (Å²) in [5, 5.41) is 15.0. The van der Waals surface area contributed by atoms with Crippen molar-refractivity contribution in [2.24, 2.45) is 0 Å². The summed E-state index contributed by atoms with van der Waals surface area (Å²) in [7, 11) is 0. The standard InChI is InChI=1S/C15H8ClFN2O3/c16-8-4-6-9(7-5-8)19-11-3-1-2-10(17)12(11)14(20)13(18-19)15(21)22/h1-7H,(H,21,22)/p-1. The van der Waals surface area contributed by atoms with Crippen molar-refractivity contribution in [3.05, 3.63) is 69.2 Å². The van der Waals surface area contributed by atoms with Gasteiger partial charge in [0.25, 0.3) is 0 Å². The molecule has 0 aliphatic rings. The van der Waals surface area contributed by atoms with Crippen LogP contribution in [0.15, 0.2) is 47.3 Å². The minimum atomic E-state index is -1.77. The van der Waals surface area contributed by atoms with Crippen molar-refractivity contribution in [2.45, 2.75) is 0 Å². The summed E-state index contributed by atoms with van der Waals surface area (Å²) in [6.07, 6.45) is 0. The molecule has 22 heavy (non-hydrogen) atoms. The Bertz CT molecular complexity index is 951. The molecule has 0 amide bonds. The molecular weight excluding hydrogens is 311 g/mol. The molecule has 0 saturated carbocycles. The predicted octanol–water partition coefficient (Wildman–Crippen LogP) is 1.54. The monoisotopic (exact) mass is 317 g/mol. The second kappa shape index (κ2) is 5.23. The minimum absolute atomic E-state index is 0.150. The molecule has 0 saturated heterocycles. The van der Waals surface area contributed by atoms with E-state index < -0.39 is 22.9 Å². The molecule has 1 aromatic heterocycles. The van der Waals surface area contributed by atoms with Crippen molar-refractivity contribution < 1.29 is 14.3 Å². The summed E-state index contributed by atoms with van der Waals surface area (Å²) in [4.78, 5) is 23.2. The number of carbonyl (C=O) groups excluding carboxylic acids is 1. The van der Waals surface area contributed by atoms with E-state index in [9.17, 15) is 19.1 Å². The lowest BCUT2D eigenvalue weighted by Crippen LogP contribution is -2.32. The van der Waals surface area contributed by atoms with Crippen molar-refractivity contribution >= 4 is 28.5 Å². The van der Waals surface area contributed by atoms with Gasteiger partial charge < -0.3 is 9.90 Å². The van der Waals surface area contributed by atoms with Gasteiger partial charge in [-0.05, 0) is 36.4 Å². The molecule has 7 heteroatoms. The van der Waals surface area contributed by atoms with E-state index in [2.05, 4.69) is 5.10 Å². The molecule has 3 aromatic rings. The summed E-state index contributed by atoms with van der Waals surface area (Å²) in [6.45, 7) is 0. The zero-order valence-corrected chi connectivity index (χ0v) is 11.7. The third-order valence-corrected chi connectivity index (χ3v) is 3.38. The van der Waals surface area contributed by atoms with Crippen LogP contribution in [0, 0.1) is 5.82 Å². The predicted molar refractivity (Wildman–Crippen MR) is 76.6 cm³/mol. The topological polar surface area (TPSA) is 75.0 Å². The van der Waals surface area contributed by atoms with Crippen LogP contribution in [0.1, 0.15) is 10.5 Å². The van der Waals surface area contributed by atoms with Crippen LogP contribution >= 0.6 is 11.6 Å². The average Bonchev–Trinajstić information content (AvgIpc) is 2.48. The van der Waals surface area contributed by atoms with Gasteiger partial charge in [-0.15, -0.1) is 0 Å². The fourth-order valence-corrected chi connectivity index (χ4v) is 2.27. The van der Waals surface area contributed by atoms with Gasteiger partial charge in [0.1, 0.15) is 5.82 Å². The highest BCUT2D eigenvalue weighted by Crippen LogP contribution is 2.19. The number of halogens is 2. The Hall–Kier alpha value is -2.73. The van der Waals surface area contributed by atoms with Crippen molar-refractivity contribution in [1.82, 2.24) is 9.78 Å². The summed E-state index contributed by atoms with van der Waals surface area (Å²) >= 11 is 5.81. The lowest BCUT2D eigenvalue weighted by molar-refractivity contribution is -0.255. The SMILES string of the molecule is O=C([O-])c1nn(-c2ccc(Cl)cc2)c2cccc(F)c2c1=O. The number of nitrogens with zero attached hydrogens (tertiary/aromatic N) is 2. The number of hydrogen-bond acceptors (Lipinski definition) is 4. The van der Waals surface area contributed by atoms with Crippen LogP contribution in [-0.4, -0.2) is 15.7 Å². The van der Waals surface area contributed by atoms with Gasteiger partial charge in [0, 0.05) is 5.02 Å². The molecule has 110 valence electrons. The maximum absolute atomic E-state index is 14.0. The largest absolute Gasteiger partial charge is 0.543 e. The lowest BCUT2D eigenvalue weighted by atomic mass is 10.1. The van der Waals surface area contributed by atoms with Gasteiger partial charge in [-0.2, -0.15) is 5.10 Å². The molecule has 0 atom stereocenters. The molecule has 0 aliphatic carbocycles. The maximum atomic E-state index is 14.0. The first-order valence-corrected chi connectivity index (χ1v) is 6.55. The molecule has 1 heterocycles. The molecule has 2 aromatic carbocycles. The Balaban J connectivity index is 2.46. The van der Waals surface area contributed by atoms with Gasteiger partial charge in [-0.1, -0.05) is 17.7 Å². The highest BCUT2D eigenvalue weighted by Gasteiger charge is 2.15. The summed E-state index contributed by atoms with van der Waals surface area (Å²) in [5.74, 6) is -2.59. The van der Waals surface area contributed by atoms with Gasteiger partial charge in [-0.25, -0.2) is 9.07 Å². The second-order valence-corrected chi connectivity index (χ2v) is 4.92. The summed E-state index contributed by atoms with van der Waals surface area (Å²) in [6, 6.07) is 10.2. The van der Waals surface area contributed by atoms with Crippen LogP contribution < -0.4 is 10.5 Å². The fraction of sp³-hybridized carbons (Fsp3) is 0. The summed E-state index contributed by atoms with van der Waals surface area (Å²) in [5.41, 5.74) is -1.29. The van der Waals surface area contributed by atoms with Gasteiger partial charge in [0.05, 0.1) is 22.6 Å². The van der Waals surface area contributed by atoms with E-state index in [4.69, 9.17) is 11.6 Å². The number of aromatic carboxylic acids is 1. The highest BCUT2D eigenvalue weighted by atomic mass is 35.5. The first kappa shape index (κ1) is 14.2. The van der Waals surface area contributed by atoms with Crippen LogP contribution in [0.3, 0.4) is 0 Å². The van der Waals surface area contributed by atoms with Crippen LogP contribution in [0.4, 0.5) is 4.39 Å². The van der Waals surface area contributed by atoms with Crippen LogP contribution in [0.5, 0.6) is 0 Å². The maximum Gasteiger partial charge on any atom is 0.220 e. The van der Waals surface area contributed by atoms with Crippen molar-refractivity contribution in [1.29, 1.82) is 0 Å². The number of carboxylic acids is 1. The zero-order chi connectivity index (χ0) is 15.9. The number of carboxylic acid groups (broad SMARTS) is 1. The number of hydrogen-bond donors (Lipinski definition) is 0. The number of carbonyl (C=O) groups is 1. The van der Waals surface area contributed by atoms with E-state index in [0.717, 1.165) is 6.07 Å². The normalized spacial score (nSPS) is 10.8. The van der Waals surface area contributed by atoms with Gasteiger partial charge in [0.15, 0.2) is 5.69 Å². The molecule has 0 unspecified atom stereocenters. The number of rotatable bonds is 2. The Labute approximate surface area is 128 Å². The minimum Gasteiger partial charge on any atom is -0.543 e. The first-order chi connectivity index (χ1) is 10.5. The molecule has 3 rings (SSSR count). The second-order valence-electron chi connectivity index (χ2n) is 4.49. The highest BCUT2D eigenvalue weighted by molar-refractivity contribution is 6.30. The molecule has 0 radical (unpaired) electrons. The van der Waals surface area contributed by atoms with Crippen molar-refractivity contribution in [3.63, 3.8) is 0 Å². The molecule has 0 fully saturated rings. The van der Waals surface area contributed by atoms with Crippen LogP contribution in [0.25, 0.3) is 16.6 Å². The van der Waals surface area contributed by atoms with E-state index >= 15 is 0 Å². The van der Waals surface area contributed by atoms with Crippen molar-refractivity contribution in [2.75, 3.05) is 0 Å². The molecule has 0 bridgehead atoms. The molecule has 5 nitrogen and oxygen atoms in total. The van der Waals surface area contributed by atoms with E-state index in [-0.39, 0.29) is 10.9 Å². The number of benzene rings is 2. The van der Waals surface area contributed by atoms with E-state index in [1.54, 1.807) is 24.3 Å². The zero-order valence-electron chi connectivity index (χ0n) is 10.9. The Kier molecular flexibility index (Phi) is 3.38. The quantitative estimate of drug-likeness (QED) is 0.718. The fourth-order valence-electron chi connectivity index (χ4n) is 2.14. The van der Waals surface area contributed by atoms with E-state index in [1.807, 2.05) is 0 Å². The average molecular weight is 318 g/mol. The lowest BCUT2D eigenvalue weighted by Gasteiger charge is -2.13. The van der Waals surface area contributed by atoms with Crippen molar-refractivity contribution in [3.8, 4) is 5.69 Å². The first-order valence-electron chi connectivity index (χ1n) is 6.18. The van der Waals surface area contributed by atoms with Gasteiger partial charge in [0.2, 0.25) is 5.43 Å². The molecule has 0 spiro atoms. The number of aromatic nitrogens is 2. The molecule has 0 aliphatic heterocycles. The van der Waals surface area contributed by atoms with Crippen LogP contribution in [0.2, 0.25) is 5.02 Å². The van der Waals surface area contributed by atoms with Gasteiger partial charge in [-0.3, -0.25) is 4.79 Å². The Morgan fingerprint density at radius 1 is 1.18 bits per heavy atom. The summed E-state index contributed by atoms with van der Waals surface area (Å²) < 4.78 is 15.1. The third kappa shape index (κ3) is 2.23. The Morgan fingerprint density at radius 2 is 1.86 bits per heavy atom. The third-order valence-electron chi connectivity index (χ3n) is 3.13. The van der Waals surface area contributed by atoms with E-state index in [0.29, 0.717) is 10.7 Å². The number of fused-ring (bicyclic) bond motifs is 1.